The summed E-state index contributed by atoms with van der Waals surface area (Å²) in [4.78, 5) is 7.62. The molecule has 1 heterocycles. The number of anilines is 1. The van der Waals surface area contributed by atoms with Crippen LogP contribution >= 0.6 is 27.5 Å². The van der Waals surface area contributed by atoms with Crippen LogP contribution in [0, 0.1) is 6.92 Å². The van der Waals surface area contributed by atoms with Crippen LogP contribution in [0.2, 0.25) is 5.02 Å². The van der Waals surface area contributed by atoms with Crippen molar-refractivity contribution in [1.29, 1.82) is 0 Å². The standard InChI is InChI=1S/C15H13BrClN3/c1-9-19-14-5-3-12(7-15(14)20-9)18-8-10-6-11(16)2-4-13(10)17/h2-7,18H,8H2,1H3,(H,19,20). The molecule has 0 amide bonds. The summed E-state index contributed by atoms with van der Waals surface area (Å²) in [5.74, 6) is 0.923. The van der Waals surface area contributed by atoms with E-state index in [1.54, 1.807) is 0 Å². The lowest BCUT2D eigenvalue weighted by Crippen LogP contribution is -2.00. The van der Waals surface area contributed by atoms with E-state index in [4.69, 9.17) is 11.6 Å². The summed E-state index contributed by atoms with van der Waals surface area (Å²) < 4.78 is 1.03. The van der Waals surface area contributed by atoms with Crippen molar-refractivity contribution in [2.75, 3.05) is 5.32 Å². The van der Waals surface area contributed by atoms with Crippen molar-refractivity contribution in [3.63, 3.8) is 0 Å². The van der Waals surface area contributed by atoms with E-state index in [0.29, 0.717) is 6.54 Å². The number of halogens is 2. The summed E-state index contributed by atoms with van der Waals surface area (Å²) in [6, 6.07) is 11.9. The minimum Gasteiger partial charge on any atom is -0.381 e. The Labute approximate surface area is 130 Å². The number of aromatic amines is 1. The zero-order chi connectivity index (χ0) is 14.1. The number of aromatic nitrogens is 2. The summed E-state index contributed by atoms with van der Waals surface area (Å²) in [7, 11) is 0. The van der Waals surface area contributed by atoms with Gasteiger partial charge in [0.15, 0.2) is 0 Å². The SMILES string of the molecule is Cc1nc2ccc(NCc3cc(Br)ccc3Cl)cc2[nH]1. The van der Waals surface area contributed by atoms with E-state index in [1.165, 1.54) is 0 Å². The lowest BCUT2D eigenvalue weighted by atomic mass is 10.2. The molecule has 1 aromatic heterocycles. The molecule has 0 aliphatic rings. The summed E-state index contributed by atoms with van der Waals surface area (Å²) in [6.07, 6.45) is 0. The first-order valence-corrected chi connectivity index (χ1v) is 7.43. The van der Waals surface area contributed by atoms with Gasteiger partial charge in [0.05, 0.1) is 11.0 Å². The molecule has 0 radical (unpaired) electrons. The zero-order valence-electron chi connectivity index (χ0n) is 10.9. The third-order valence-electron chi connectivity index (χ3n) is 3.09. The molecular formula is C15H13BrClN3. The monoisotopic (exact) mass is 349 g/mol. The first-order chi connectivity index (χ1) is 9.61. The van der Waals surface area contributed by atoms with Crippen LogP contribution in [0.4, 0.5) is 5.69 Å². The molecule has 20 heavy (non-hydrogen) atoms. The largest absolute Gasteiger partial charge is 0.381 e. The molecule has 0 fully saturated rings. The van der Waals surface area contributed by atoms with Gasteiger partial charge >= 0.3 is 0 Å². The highest BCUT2D eigenvalue weighted by Crippen LogP contribution is 2.23. The number of imidazole rings is 1. The smallest absolute Gasteiger partial charge is 0.104 e. The van der Waals surface area contributed by atoms with Crippen molar-refractivity contribution >= 4 is 44.3 Å². The van der Waals surface area contributed by atoms with Crippen LogP contribution in [0.5, 0.6) is 0 Å². The molecule has 0 unspecified atom stereocenters. The summed E-state index contributed by atoms with van der Waals surface area (Å²) in [5.41, 5.74) is 4.11. The highest BCUT2D eigenvalue weighted by molar-refractivity contribution is 9.10. The average molecular weight is 351 g/mol. The number of nitrogens with one attached hydrogen (secondary N) is 2. The number of hydrogen-bond acceptors (Lipinski definition) is 2. The maximum atomic E-state index is 6.18. The fourth-order valence-corrected chi connectivity index (χ4v) is 2.72. The highest BCUT2D eigenvalue weighted by Gasteiger charge is 2.03. The second-order valence-corrected chi connectivity index (χ2v) is 5.97. The van der Waals surface area contributed by atoms with Gasteiger partial charge in [0.25, 0.3) is 0 Å². The first kappa shape index (κ1) is 13.5. The molecule has 2 aromatic carbocycles. The summed E-state index contributed by atoms with van der Waals surface area (Å²) in [5, 5.41) is 4.14. The molecule has 3 rings (SSSR count). The van der Waals surface area contributed by atoms with Crippen LogP contribution < -0.4 is 5.32 Å². The fraction of sp³-hybridized carbons (Fsp3) is 0.133. The summed E-state index contributed by atoms with van der Waals surface area (Å²) >= 11 is 9.64. The Morgan fingerprint density at radius 3 is 2.95 bits per heavy atom. The van der Waals surface area contributed by atoms with E-state index in [2.05, 4.69) is 37.3 Å². The lowest BCUT2D eigenvalue weighted by molar-refractivity contribution is 1.15. The molecular weight excluding hydrogens is 338 g/mol. The average Bonchev–Trinajstić information content (AvgIpc) is 2.79. The van der Waals surface area contributed by atoms with Gasteiger partial charge in [-0.05, 0) is 48.9 Å². The van der Waals surface area contributed by atoms with E-state index >= 15 is 0 Å². The second kappa shape index (κ2) is 5.46. The van der Waals surface area contributed by atoms with E-state index in [-0.39, 0.29) is 0 Å². The van der Waals surface area contributed by atoms with Gasteiger partial charge in [0.1, 0.15) is 5.82 Å². The van der Waals surface area contributed by atoms with Crippen molar-refractivity contribution in [3.8, 4) is 0 Å². The molecule has 0 aliphatic heterocycles. The van der Waals surface area contributed by atoms with Crippen molar-refractivity contribution in [1.82, 2.24) is 9.97 Å². The second-order valence-electron chi connectivity index (χ2n) is 4.64. The normalized spacial score (nSPS) is 10.9. The lowest BCUT2D eigenvalue weighted by Gasteiger charge is -2.08. The third-order valence-corrected chi connectivity index (χ3v) is 3.95. The van der Waals surface area contributed by atoms with Crippen LogP contribution in [0.1, 0.15) is 11.4 Å². The number of hydrogen-bond donors (Lipinski definition) is 2. The predicted octanol–water partition coefficient (Wildman–Crippen LogP) is 4.90. The van der Waals surface area contributed by atoms with Crippen molar-refractivity contribution in [2.24, 2.45) is 0 Å². The zero-order valence-corrected chi connectivity index (χ0v) is 13.2. The molecule has 0 saturated heterocycles. The maximum absolute atomic E-state index is 6.18. The van der Waals surface area contributed by atoms with Crippen LogP contribution in [0.15, 0.2) is 40.9 Å². The van der Waals surface area contributed by atoms with Crippen LogP contribution in [-0.2, 0) is 6.54 Å². The number of aryl methyl sites for hydroxylation is 1. The maximum Gasteiger partial charge on any atom is 0.104 e. The van der Waals surface area contributed by atoms with Gasteiger partial charge in [0, 0.05) is 21.7 Å². The Balaban J connectivity index is 1.80. The van der Waals surface area contributed by atoms with Gasteiger partial charge in [-0.3, -0.25) is 0 Å². The predicted molar refractivity (Wildman–Crippen MR) is 87.3 cm³/mol. The quantitative estimate of drug-likeness (QED) is 0.705. The molecule has 0 aliphatic carbocycles. The first-order valence-electron chi connectivity index (χ1n) is 6.26. The Morgan fingerprint density at radius 1 is 1.25 bits per heavy atom. The van der Waals surface area contributed by atoms with Crippen LogP contribution in [-0.4, -0.2) is 9.97 Å². The molecule has 102 valence electrons. The van der Waals surface area contributed by atoms with Crippen molar-refractivity contribution in [3.05, 3.63) is 57.3 Å². The van der Waals surface area contributed by atoms with Crippen LogP contribution in [0.25, 0.3) is 11.0 Å². The summed E-state index contributed by atoms with van der Waals surface area (Å²) in [6.45, 7) is 2.63. The molecule has 0 spiro atoms. The van der Waals surface area contributed by atoms with E-state index in [1.807, 2.05) is 37.3 Å². The topological polar surface area (TPSA) is 40.7 Å². The Morgan fingerprint density at radius 2 is 2.10 bits per heavy atom. The number of H-pyrrole nitrogens is 1. The number of benzene rings is 2. The molecule has 0 saturated carbocycles. The van der Waals surface area contributed by atoms with Crippen LogP contribution in [0.3, 0.4) is 0 Å². The van der Waals surface area contributed by atoms with Crippen molar-refractivity contribution < 1.29 is 0 Å². The van der Waals surface area contributed by atoms with E-state index < -0.39 is 0 Å². The molecule has 3 nitrogen and oxygen atoms in total. The Hall–Kier alpha value is -1.52. The number of fused-ring (bicyclic) bond motifs is 1. The number of nitrogens with zero attached hydrogens (tertiary/aromatic N) is 1. The van der Waals surface area contributed by atoms with Gasteiger partial charge in [0.2, 0.25) is 0 Å². The van der Waals surface area contributed by atoms with Gasteiger partial charge in [-0.2, -0.15) is 0 Å². The van der Waals surface area contributed by atoms with Gasteiger partial charge in [-0.15, -0.1) is 0 Å². The minimum atomic E-state index is 0.677. The molecule has 3 aromatic rings. The molecule has 2 N–H and O–H groups in total. The number of rotatable bonds is 3. The van der Waals surface area contributed by atoms with Crippen molar-refractivity contribution in [2.45, 2.75) is 13.5 Å². The molecule has 5 heteroatoms. The highest BCUT2D eigenvalue weighted by atomic mass is 79.9. The van der Waals surface area contributed by atoms with E-state index in [0.717, 1.165) is 37.6 Å². The minimum absolute atomic E-state index is 0.677. The Kier molecular flexibility index (Phi) is 3.68. The Bertz CT molecular complexity index is 767. The van der Waals surface area contributed by atoms with Gasteiger partial charge in [-0.1, -0.05) is 27.5 Å². The third kappa shape index (κ3) is 2.81. The van der Waals surface area contributed by atoms with Gasteiger partial charge < -0.3 is 10.3 Å². The molecule has 0 atom stereocenters. The van der Waals surface area contributed by atoms with E-state index in [9.17, 15) is 0 Å². The van der Waals surface area contributed by atoms with Gasteiger partial charge in [-0.25, -0.2) is 4.98 Å². The molecule has 0 bridgehead atoms. The fourth-order valence-electron chi connectivity index (χ4n) is 2.12.